The molecule has 108 valence electrons. The summed E-state index contributed by atoms with van der Waals surface area (Å²) in [5, 5.41) is 0.545. The van der Waals surface area contributed by atoms with Crippen LogP contribution in [0.3, 0.4) is 0 Å². The first-order valence-electron chi connectivity index (χ1n) is 6.65. The fourth-order valence-electron chi connectivity index (χ4n) is 2.50. The van der Waals surface area contributed by atoms with Gasteiger partial charge in [0.1, 0.15) is 0 Å². The molecule has 1 aliphatic heterocycles. The first-order valence-corrected chi connectivity index (χ1v) is 7.82. The van der Waals surface area contributed by atoms with Gasteiger partial charge in [-0.2, -0.15) is 0 Å². The SMILES string of the molecule is CN1CCN(C(=O)c2ccc(Br)c(Cl)c2)c2ccccc21. The van der Waals surface area contributed by atoms with Crippen molar-refractivity contribution in [1.82, 2.24) is 0 Å². The van der Waals surface area contributed by atoms with Crippen LogP contribution in [-0.2, 0) is 0 Å². The highest BCUT2D eigenvalue weighted by atomic mass is 79.9. The van der Waals surface area contributed by atoms with Crippen LogP contribution in [0.15, 0.2) is 46.9 Å². The fraction of sp³-hybridized carbons (Fsp3) is 0.188. The van der Waals surface area contributed by atoms with Crippen molar-refractivity contribution in [3.05, 3.63) is 57.5 Å². The summed E-state index contributed by atoms with van der Waals surface area (Å²) in [4.78, 5) is 16.7. The van der Waals surface area contributed by atoms with E-state index in [1.165, 1.54) is 0 Å². The van der Waals surface area contributed by atoms with Crippen molar-refractivity contribution in [2.24, 2.45) is 0 Å². The normalized spacial score (nSPS) is 14.0. The number of fused-ring (bicyclic) bond motifs is 1. The van der Waals surface area contributed by atoms with Gasteiger partial charge >= 0.3 is 0 Å². The predicted molar refractivity (Wildman–Crippen MR) is 90.5 cm³/mol. The van der Waals surface area contributed by atoms with E-state index in [9.17, 15) is 4.79 Å². The van der Waals surface area contributed by atoms with Crippen molar-refractivity contribution in [3.8, 4) is 0 Å². The highest BCUT2D eigenvalue weighted by molar-refractivity contribution is 9.10. The molecular weight excluding hydrogens is 352 g/mol. The van der Waals surface area contributed by atoms with E-state index in [2.05, 4.69) is 20.8 Å². The summed E-state index contributed by atoms with van der Waals surface area (Å²) in [7, 11) is 2.04. The number of halogens is 2. The minimum atomic E-state index is -0.0232. The van der Waals surface area contributed by atoms with Gasteiger partial charge in [-0.1, -0.05) is 23.7 Å². The first kappa shape index (κ1) is 14.4. The Bertz CT molecular complexity index is 704. The molecule has 0 aliphatic carbocycles. The lowest BCUT2D eigenvalue weighted by molar-refractivity contribution is 0.0986. The maximum atomic E-state index is 12.8. The predicted octanol–water partition coefficient (Wildman–Crippen LogP) is 4.20. The number of carbonyl (C=O) groups is 1. The Kier molecular flexibility index (Phi) is 3.91. The number of hydrogen-bond acceptors (Lipinski definition) is 2. The van der Waals surface area contributed by atoms with Crippen molar-refractivity contribution in [2.45, 2.75) is 0 Å². The lowest BCUT2D eigenvalue weighted by atomic mass is 10.1. The van der Waals surface area contributed by atoms with E-state index in [-0.39, 0.29) is 5.91 Å². The number of benzene rings is 2. The fourth-order valence-corrected chi connectivity index (χ4v) is 2.93. The number of para-hydroxylation sites is 2. The second-order valence-electron chi connectivity index (χ2n) is 5.00. The monoisotopic (exact) mass is 364 g/mol. The highest BCUT2D eigenvalue weighted by Crippen LogP contribution is 2.33. The largest absolute Gasteiger partial charge is 0.371 e. The van der Waals surface area contributed by atoms with Gasteiger partial charge in [-0.05, 0) is 46.3 Å². The van der Waals surface area contributed by atoms with E-state index < -0.39 is 0 Å². The maximum Gasteiger partial charge on any atom is 0.258 e. The van der Waals surface area contributed by atoms with Crippen LogP contribution < -0.4 is 9.80 Å². The van der Waals surface area contributed by atoms with Crippen LogP contribution in [0.1, 0.15) is 10.4 Å². The zero-order valence-corrected chi connectivity index (χ0v) is 13.9. The van der Waals surface area contributed by atoms with Crippen LogP contribution in [0.25, 0.3) is 0 Å². The molecular formula is C16H14BrClN2O. The highest BCUT2D eigenvalue weighted by Gasteiger charge is 2.25. The quantitative estimate of drug-likeness (QED) is 0.756. The standard InChI is InChI=1S/C16H14BrClN2O/c1-19-8-9-20(15-5-3-2-4-14(15)19)16(21)11-6-7-12(17)13(18)10-11/h2-7,10H,8-9H2,1H3. The van der Waals surface area contributed by atoms with Crippen molar-refractivity contribution in [2.75, 3.05) is 29.9 Å². The van der Waals surface area contributed by atoms with E-state index in [0.29, 0.717) is 17.1 Å². The number of hydrogen-bond donors (Lipinski definition) is 0. The van der Waals surface area contributed by atoms with Crippen LogP contribution in [0, 0.1) is 0 Å². The van der Waals surface area contributed by atoms with Crippen LogP contribution in [0.5, 0.6) is 0 Å². The second-order valence-corrected chi connectivity index (χ2v) is 6.26. The molecule has 0 N–H and O–H groups in total. The van der Waals surface area contributed by atoms with Crippen molar-refractivity contribution in [3.63, 3.8) is 0 Å². The van der Waals surface area contributed by atoms with Gasteiger partial charge in [-0.15, -0.1) is 0 Å². The average molecular weight is 366 g/mol. The Morgan fingerprint density at radius 2 is 1.86 bits per heavy atom. The van der Waals surface area contributed by atoms with Crippen LogP contribution in [0.4, 0.5) is 11.4 Å². The summed E-state index contributed by atoms with van der Waals surface area (Å²) >= 11 is 9.44. The van der Waals surface area contributed by atoms with Crippen LogP contribution in [0.2, 0.25) is 5.02 Å². The van der Waals surface area contributed by atoms with Gasteiger partial charge in [0.2, 0.25) is 0 Å². The Hall–Kier alpha value is -1.52. The zero-order valence-electron chi connectivity index (χ0n) is 11.5. The number of nitrogens with zero attached hydrogens (tertiary/aromatic N) is 2. The van der Waals surface area contributed by atoms with Crippen molar-refractivity contribution < 1.29 is 4.79 Å². The third-order valence-corrected chi connectivity index (χ3v) is 4.89. The maximum absolute atomic E-state index is 12.8. The van der Waals surface area contributed by atoms with Crippen LogP contribution in [-0.4, -0.2) is 26.0 Å². The molecule has 0 aromatic heterocycles. The second kappa shape index (κ2) is 5.70. The molecule has 1 heterocycles. The van der Waals surface area contributed by atoms with Gasteiger partial charge in [0.25, 0.3) is 5.91 Å². The van der Waals surface area contributed by atoms with E-state index in [0.717, 1.165) is 22.4 Å². The van der Waals surface area contributed by atoms with E-state index in [1.54, 1.807) is 18.2 Å². The summed E-state index contributed by atoms with van der Waals surface area (Å²) in [6, 6.07) is 13.2. The topological polar surface area (TPSA) is 23.6 Å². The van der Waals surface area contributed by atoms with Gasteiger partial charge in [-0.3, -0.25) is 4.79 Å². The molecule has 2 aromatic rings. The number of amides is 1. The number of rotatable bonds is 1. The molecule has 0 unspecified atom stereocenters. The minimum absolute atomic E-state index is 0.0232. The molecule has 0 radical (unpaired) electrons. The molecule has 0 fully saturated rings. The minimum Gasteiger partial charge on any atom is -0.371 e. The van der Waals surface area contributed by atoms with Gasteiger partial charge < -0.3 is 9.80 Å². The Balaban J connectivity index is 1.99. The molecule has 0 atom stereocenters. The summed E-state index contributed by atoms with van der Waals surface area (Å²) in [6.07, 6.45) is 0. The van der Waals surface area contributed by atoms with Crippen LogP contribution >= 0.6 is 27.5 Å². The smallest absolute Gasteiger partial charge is 0.258 e. The zero-order chi connectivity index (χ0) is 15.0. The summed E-state index contributed by atoms with van der Waals surface area (Å²) < 4.78 is 0.791. The summed E-state index contributed by atoms with van der Waals surface area (Å²) in [6.45, 7) is 1.48. The van der Waals surface area contributed by atoms with Crippen molar-refractivity contribution >= 4 is 44.8 Å². The molecule has 3 nitrogen and oxygen atoms in total. The summed E-state index contributed by atoms with van der Waals surface area (Å²) in [5.41, 5.74) is 2.61. The van der Waals surface area contributed by atoms with Gasteiger partial charge in [0.05, 0.1) is 16.4 Å². The molecule has 3 rings (SSSR count). The molecule has 0 saturated carbocycles. The van der Waals surface area contributed by atoms with E-state index in [1.807, 2.05) is 36.2 Å². The number of anilines is 2. The van der Waals surface area contributed by atoms with Gasteiger partial charge in [0.15, 0.2) is 0 Å². The molecule has 0 saturated heterocycles. The third-order valence-electron chi connectivity index (χ3n) is 3.65. The molecule has 0 spiro atoms. The molecule has 2 aromatic carbocycles. The summed E-state index contributed by atoms with van der Waals surface area (Å²) in [5.74, 6) is -0.0232. The first-order chi connectivity index (χ1) is 10.1. The molecule has 5 heteroatoms. The van der Waals surface area contributed by atoms with E-state index in [4.69, 9.17) is 11.6 Å². The average Bonchev–Trinajstić information content (AvgIpc) is 2.50. The Morgan fingerprint density at radius 3 is 2.57 bits per heavy atom. The lowest BCUT2D eigenvalue weighted by Crippen LogP contribution is -2.42. The number of likely N-dealkylation sites (N-methyl/N-ethyl adjacent to an activating group) is 1. The molecule has 21 heavy (non-hydrogen) atoms. The van der Waals surface area contributed by atoms with Gasteiger partial charge in [0, 0.05) is 30.2 Å². The Labute approximate surface area is 137 Å². The number of carbonyl (C=O) groups excluding carboxylic acids is 1. The van der Waals surface area contributed by atoms with E-state index >= 15 is 0 Å². The molecule has 1 amide bonds. The van der Waals surface area contributed by atoms with Gasteiger partial charge in [-0.25, -0.2) is 0 Å². The third kappa shape index (κ3) is 2.65. The molecule has 0 bridgehead atoms. The lowest BCUT2D eigenvalue weighted by Gasteiger charge is -2.35. The molecule has 1 aliphatic rings. The Morgan fingerprint density at radius 1 is 1.14 bits per heavy atom. The van der Waals surface area contributed by atoms with Crippen molar-refractivity contribution in [1.29, 1.82) is 0 Å².